The van der Waals surface area contributed by atoms with Crippen LogP contribution < -0.4 is 4.74 Å². The highest BCUT2D eigenvalue weighted by Gasteiger charge is 2.03. The molecule has 4 nitrogen and oxygen atoms in total. The van der Waals surface area contributed by atoms with Gasteiger partial charge in [-0.2, -0.15) is 0 Å². The van der Waals surface area contributed by atoms with Gasteiger partial charge in [0.05, 0.1) is 7.11 Å². The second-order valence-corrected chi connectivity index (χ2v) is 4.93. The molecule has 0 N–H and O–H groups in total. The Morgan fingerprint density at radius 2 is 1.80 bits per heavy atom. The summed E-state index contributed by atoms with van der Waals surface area (Å²) in [4.78, 5) is 8.68. The lowest BCUT2D eigenvalue weighted by Crippen LogP contribution is -2.35. The molecule has 1 rings (SSSR count). The van der Waals surface area contributed by atoms with Crippen molar-refractivity contribution < 1.29 is 4.74 Å². The van der Waals surface area contributed by atoms with Crippen molar-refractivity contribution in [3.05, 3.63) is 29.8 Å². The molecule has 20 heavy (non-hydrogen) atoms. The van der Waals surface area contributed by atoms with E-state index in [0.717, 1.165) is 31.1 Å². The summed E-state index contributed by atoms with van der Waals surface area (Å²) in [5.41, 5.74) is 1.30. The molecule has 0 unspecified atom stereocenters. The van der Waals surface area contributed by atoms with Gasteiger partial charge in [0, 0.05) is 34.7 Å². The summed E-state index contributed by atoms with van der Waals surface area (Å²) in [6.45, 7) is 0.836. The third kappa shape index (κ3) is 6.45. The van der Waals surface area contributed by atoms with Gasteiger partial charge in [-0.15, -0.1) is 24.0 Å². The van der Waals surface area contributed by atoms with E-state index in [1.165, 1.54) is 5.56 Å². The highest BCUT2D eigenvalue weighted by Crippen LogP contribution is 2.13. The molecule has 0 amide bonds. The third-order valence-electron chi connectivity index (χ3n) is 2.81. The van der Waals surface area contributed by atoms with Crippen LogP contribution in [0.15, 0.2) is 29.3 Å². The molecule has 0 aliphatic carbocycles. The van der Waals surface area contributed by atoms with Crippen molar-refractivity contribution in [1.82, 2.24) is 9.80 Å². The molecule has 1 aromatic rings. The van der Waals surface area contributed by atoms with Crippen LogP contribution in [0, 0.1) is 0 Å². The normalized spacial score (nSPS) is 9.45. The summed E-state index contributed by atoms with van der Waals surface area (Å²) in [6.07, 6.45) is 2.06. The molecule has 0 heterocycles. The van der Waals surface area contributed by atoms with E-state index in [-0.39, 0.29) is 24.0 Å². The predicted octanol–water partition coefficient (Wildman–Crippen LogP) is 2.73. The van der Waals surface area contributed by atoms with Crippen molar-refractivity contribution in [2.75, 3.05) is 41.8 Å². The van der Waals surface area contributed by atoms with Crippen molar-refractivity contribution >= 4 is 29.9 Å². The third-order valence-corrected chi connectivity index (χ3v) is 2.81. The second kappa shape index (κ2) is 9.85. The molecule has 0 saturated carbocycles. The van der Waals surface area contributed by atoms with Crippen molar-refractivity contribution in [2.45, 2.75) is 12.8 Å². The monoisotopic (exact) mass is 391 g/mol. The van der Waals surface area contributed by atoms with Crippen molar-refractivity contribution in [2.24, 2.45) is 4.99 Å². The Hall–Kier alpha value is -0.980. The number of hydrogen-bond acceptors (Lipinski definition) is 2. The molecule has 0 aliphatic heterocycles. The number of nitrogens with zero attached hydrogens (tertiary/aromatic N) is 3. The zero-order chi connectivity index (χ0) is 14.3. The number of guanidine groups is 1. The molecule has 0 bridgehead atoms. The number of rotatable bonds is 5. The summed E-state index contributed by atoms with van der Waals surface area (Å²) >= 11 is 0. The maximum Gasteiger partial charge on any atom is 0.195 e. The minimum absolute atomic E-state index is 0. The van der Waals surface area contributed by atoms with E-state index in [2.05, 4.69) is 17.1 Å². The van der Waals surface area contributed by atoms with Crippen LogP contribution >= 0.6 is 24.0 Å². The molecule has 0 saturated heterocycles. The largest absolute Gasteiger partial charge is 0.497 e. The van der Waals surface area contributed by atoms with E-state index in [4.69, 9.17) is 4.74 Å². The van der Waals surface area contributed by atoms with E-state index < -0.39 is 0 Å². The van der Waals surface area contributed by atoms with Crippen LogP contribution in [0.4, 0.5) is 0 Å². The number of hydrogen-bond donors (Lipinski definition) is 0. The van der Waals surface area contributed by atoms with Gasteiger partial charge in [0.15, 0.2) is 5.96 Å². The molecule has 1 aromatic carbocycles. The second-order valence-electron chi connectivity index (χ2n) is 4.93. The van der Waals surface area contributed by atoms with Gasteiger partial charge in [0.25, 0.3) is 0 Å². The van der Waals surface area contributed by atoms with Crippen LogP contribution in [0.1, 0.15) is 12.0 Å². The molecule has 0 atom stereocenters. The Balaban J connectivity index is 0.00000361. The average molecular weight is 391 g/mol. The summed E-state index contributed by atoms with van der Waals surface area (Å²) in [5.74, 6) is 1.92. The Morgan fingerprint density at radius 1 is 1.15 bits per heavy atom. The average Bonchev–Trinajstić information content (AvgIpc) is 2.37. The number of aryl methyl sites for hydroxylation is 1. The minimum Gasteiger partial charge on any atom is -0.497 e. The van der Waals surface area contributed by atoms with Crippen molar-refractivity contribution in [3.63, 3.8) is 0 Å². The topological polar surface area (TPSA) is 28.1 Å². The van der Waals surface area contributed by atoms with E-state index in [1.54, 1.807) is 7.11 Å². The van der Waals surface area contributed by atoms with Crippen LogP contribution in [-0.4, -0.2) is 57.6 Å². The lowest BCUT2D eigenvalue weighted by Gasteiger charge is -2.22. The Kier molecular flexibility index (Phi) is 9.37. The zero-order valence-electron chi connectivity index (χ0n) is 13.1. The fourth-order valence-electron chi connectivity index (χ4n) is 1.97. The van der Waals surface area contributed by atoms with Gasteiger partial charge in [-0.1, -0.05) is 12.1 Å². The standard InChI is InChI=1S/C15H25N3O.HI/c1-17(2)15(18(3)4)16-11-7-9-13-8-6-10-14(12-13)19-5;/h6,8,10,12H,7,9,11H2,1-5H3;1H. The minimum atomic E-state index is 0. The SMILES string of the molecule is COc1cccc(CCCN=C(N(C)C)N(C)C)c1.I. The number of benzene rings is 1. The molecule has 0 fully saturated rings. The number of halogens is 1. The molecular weight excluding hydrogens is 365 g/mol. The van der Waals surface area contributed by atoms with Gasteiger partial charge in [-0.25, -0.2) is 0 Å². The van der Waals surface area contributed by atoms with E-state index in [1.807, 2.05) is 50.1 Å². The Bertz CT molecular complexity index is 409. The van der Waals surface area contributed by atoms with Gasteiger partial charge in [-0.3, -0.25) is 4.99 Å². The van der Waals surface area contributed by atoms with Crippen LogP contribution in [0.2, 0.25) is 0 Å². The molecule has 0 radical (unpaired) electrons. The molecule has 114 valence electrons. The summed E-state index contributed by atoms with van der Waals surface area (Å²) in [5, 5.41) is 0. The van der Waals surface area contributed by atoms with Crippen molar-refractivity contribution in [1.29, 1.82) is 0 Å². The summed E-state index contributed by atoms with van der Waals surface area (Å²) in [6, 6.07) is 8.22. The van der Waals surface area contributed by atoms with Crippen LogP contribution in [-0.2, 0) is 6.42 Å². The van der Waals surface area contributed by atoms with Gasteiger partial charge in [-0.05, 0) is 30.5 Å². The first-order valence-corrected chi connectivity index (χ1v) is 6.56. The van der Waals surface area contributed by atoms with Gasteiger partial charge in [0.1, 0.15) is 5.75 Å². The number of methoxy groups -OCH3 is 1. The highest BCUT2D eigenvalue weighted by atomic mass is 127. The lowest BCUT2D eigenvalue weighted by atomic mass is 10.1. The first-order valence-electron chi connectivity index (χ1n) is 6.56. The fourth-order valence-corrected chi connectivity index (χ4v) is 1.97. The molecule has 0 aromatic heterocycles. The quantitative estimate of drug-likeness (QED) is 0.335. The molecular formula is C15H26IN3O. The van der Waals surface area contributed by atoms with Gasteiger partial charge >= 0.3 is 0 Å². The zero-order valence-corrected chi connectivity index (χ0v) is 15.4. The number of ether oxygens (including phenoxy) is 1. The van der Waals surface area contributed by atoms with Crippen LogP contribution in [0.5, 0.6) is 5.75 Å². The molecule has 5 heteroatoms. The Morgan fingerprint density at radius 3 is 2.35 bits per heavy atom. The Labute approximate surface area is 139 Å². The van der Waals surface area contributed by atoms with E-state index >= 15 is 0 Å². The molecule has 0 aliphatic rings. The van der Waals surface area contributed by atoms with E-state index in [9.17, 15) is 0 Å². The summed E-state index contributed by atoms with van der Waals surface area (Å²) < 4.78 is 5.22. The van der Waals surface area contributed by atoms with Crippen molar-refractivity contribution in [3.8, 4) is 5.75 Å². The van der Waals surface area contributed by atoms with Crippen LogP contribution in [0.3, 0.4) is 0 Å². The first kappa shape index (κ1) is 19.0. The fraction of sp³-hybridized carbons (Fsp3) is 0.533. The molecule has 0 spiro atoms. The maximum absolute atomic E-state index is 5.22. The highest BCUT2D eigenvalue weighted by molar-refractivity contribution is 14.0. The van der Waals surface area contributed by atoms with E-state index in [0.29, 0.717) is 0 Å². The smallest absolute Gasteiger partial charge is 0.195 e. The lowest BCUT2D eigenvalue weighted by molar-refractivity contribution is 0.414. The number of aliphatic imine (C=N–C) groups is 1. The van der Waals surface area contributed by atoms with Gasteiger partial charge < -0.3 is 14.5 Å². The first-order chi connectivity index (χ1) is 9.04. The van der Waals surface area contributed by atoms with Crippen LogP contribution in [0.25, 0.3) is 0 Å². The predicted molar refractivity (Wildman–Crippen MR) is 96.4 cm³/mol. The van der Waals surface area contributed by atoms with Gasteiger partial charge in [0.2, 0.25) is 0 Å². The maximum atomic E-state index is 5.22. The summed E-state index contributed by atoms with van der Waals surface area (Å²) in [7, 11) is 9.76.